The van der Waals surface area contributed by atoms with E-state index in [0.29, 0.717) is 11.4 Å². The second-order valence-corrected chi connectivity index (χ2v) is 6.54. The second kappa shape index (κ2) is 6.03. The van der Waals surface area contributed by atoms with Crippen molar-refractivity contribution in [1.82, 2.24) is 14.8 Å². The Morgan fingerprint density at radius 3 is 2.76 bits per heavy atom. The first-order valence-electron chi connectivity index (χ1n) is 6.11. The first kappa shape index (κ1) is 15.8. The molecule has 0 aliphatic rings. The van der Waals surface area contributed by atoms with Gasteiger partial charge in [0.1, 0.15) is 11.3 Å². The Morgan fingerprint density at radius 1 is 1.43 bits per heavy atom. The van der Waals surface area contributed by atoms with Gasteiger partial charge >= 0.3 is 6.09 Å². The van der Waals surface area contributed by atoms with E-state index in [4.69, 9.17) is 16.3 Å². The summed E-state index contributed by atoms with van der Waals surface area (Å²) < 4.78 is 7.50. The Balaban J connectivity index is 2.18. The second-order valence-electron chi connectivity index (χ2n) is 5.27. The lowest BCUT2D eigenvalue weighted by molar-refractivity contribution is 0.0636. The highest BCUT2D eigenvalue weighted by Crippen LogP contribution is 2.23. The number of hydrogen-bond acceptors (Lipinski definition) is 4. The van der Waals surface area contributed by atoms with Crippen LogP contribution in [0.3, 0.4) is 0 Å². The van der Waals surface area contributed by atoms with Crippen molar-refractivity contribution in [3.63, 3.8) is 0 Å². The molecule has 8 heteroatoms. The summed E-state index contributed by atoms with van der Waals surface area (Å²) in [5.74, 6) is 0. The van der Waals surface area contributed by atoms with Gasteiger partial charge in [0.15, 0.2) is 5.15 Å². The Hall–Kier alpha value is -1.60. The topological polar surface area (TPSA) is 69.0 Å². The lowest BCUT2D eigenvalue weighted by atomic mass is 10.2. The molecule has 0 bridgehead atoms. The van der Waals surface area contributed by atoms with E-state index in [0.717, 1.165) is 4.47 Å². The molecule has 0 radical (unpaired) electrons. The van der Waals surface area contributed by atoms with Gasteiger partial charge in [-0.2, -0.15) is 5.10 Å². The van der Waals surface area contributed by atoms with E-state index in [-0.39, 0.29) is 5.15 Å². The molecule has 0 unspecified atom stereocenters. The molecule has 112 valence electrons. The number of pyridine rings is 1. The number of carbonyl (C=O) groups excluding carboxylic acids is 1. The van der Waals surface area contributed by atoms with Crippen LogP contribution < -0.4 is 5.32 Å². The molecular formula is C13H14BrClN4O2. The molecule has 1 N–H and O–H groups in total. The summed E-state index contributed by atoms with van der Waals surface area (Å²) in [7, 11) is 0. The van der Waals surface area contributed by atoms with E-state index >= 15 is 0 Å². The quantitative estimate of drug-likeness (QED) is 0.863. The van der Waals surface area contributed by atoms with Gasteiger partial charge in [-0.15, -0.1) is 0 Å². The lowest BCUT2D eigenvalue weighted by Gasteiger charge is -2.19. The van der Waals surface area contributed by atoms with Gasteiger partial charge < -0.3 is 4.74 Å². The first-order chi connectivity index (χ1) is 9.74. The average molecular weight is 374 g/mol. The first-order valence-corrected chi connectivity index (χ1v) is 7.28. The fourth-order valence-corrected chi connectivity index (χ4v) is 2.04. The zero-order valence-corrected chi connectivity index (χ0v) is 14.1. The third kappa shape index (κ3) is 4.44. The maximum absolute atomic E-state index is 11.7. The molecule has 1 amide bonds. The number of aromatic nitrogens is 3. The highest BCUT2D eigenvalue weighted by Gasteiger charge is 2.18. The Morgan fingerprint density at radius 2 is 2.14 bits per heavy atom. The molecule has 0 aliphatic heterocycles. The van der Waals surface area contributed by atoms with Crippen LogP contribution in [0.15, 0.2) is 29.1 Å². The van der Waals surface area contributed by atoms with Crippen LogP contribution in [0.25, 0.3) is 5.69 Å². The minimum atomic E-state index is -0.587. The SMILES string of the molecule is CC(C)(C)OC(=O)Nc1cn(-c2cncc(Br)c2)nc1Cl. The van der Waals surface area contributed by atoms with E-state index < -0.39 is 11.7 Å². The third-order valence-electron chi connectivity index (χ3n) is 2.26. The minimum absolute atomic E-state index is 0.167. The standard InChI is InChI=1S/C13H14BrClN4O2/c1-13(2,3)21-12(20)17-10-7-19(18-11(10)15)9-4-8(14)5-16-6-9/h4-7H,1-3H3,(H,17,20). The normalized spacial score (nSPS) is 11.3. The number of nitrogens with one attached hydrogen (secondary N) is 1. The van der Waals surface area contributed by atoms with Crippen molar-refractivity contribution in [3.8, 4) is 5.69 Å². The molecule has 21 heavy (non-hydrogen) atoms. The molecule has 2 rings (SSSR count). The minimum Gasteiger partial charge on any atom is -0.444 e. The molecule has 0 atom stereocenters. The van der Waals surface area contributed by atoms with Crippen molar-refractivity contribution in [2.75, 3.05) is 5.32 Å². The molecule has 2 aromatic rings. The number of amides is 1. The molecular weight excluding hydrogens is 360 g/mol. The van der Waals surface area contributed by atoms with Crippen molar-refractivity contribution >= 4 is 39.3 Å². The maximum atomic E-state index is 11.7. The number of carbonyl (C=O) groups is 1. The monoisotopic (exact) mass is 372 g/mol. The van der Waals surface area contributed by atoms with Gasteiger partial charge in [0.05, 0.1) is 18.1 Å². The molecule has 0 spiro atoms. The van der Waals surface area contributed by atoms with E-state index in [1.165, 1.54) is 4.68 Å². The van der Waals surface area contributed by atoms with Crippen molar-refractivity contribution in [2.45, 2.75) is 26.4 Å². The summed E-state index contributed by atoms with van der Waals surface area (Å²) in [5.41, 5.74) is 0.496. The molecule has 0 saturated heterocycles. The molecule has 0 aromatic carbocycles. The van der Waals surface area contributed by atoms with Gasteiger partial charge in [0, 0.05) is 10.7 Å². The number of anilines is 1. The highest BCUT2D eigenvalue weighted by atomic mass is 79.9. The average Bonchev–Trinajstić information content (AvgIpc) is 2.68. The van der Waals surface area contributed by atoms with Crippen molar-refractivity contribution < 1.29 is 9.53 Å². The molecule has 2 heterocycles. The van der Waals surface area contributed by atoms with Crippen LogP contribution in [0, 0.1) is 0 Å². The fraction of sp³-hybridized carbons (Fsp3) is 0.308. The maximum Gasteiger partial charge on any atom is 0.412 e. The third-order valence-corrected chi connectivity index (χ3v) is 2.97. The van der Waals surface area contributed by atoms with Crippen LogP contribution in [0.4, 0.5) is 10.5 Å². The van der Waals surface area contributed by atoms with Gasteiger partial charge in [-0.25, -0.2) is 9.48 Å². The number of ether oxygens (including phenoxy) is 1. The number of rotatable bonds is 2. The zero-order chi connectivity index (χ0) is 15.6. The van der Waals surface area contributed by atoms with Crippen LogP contribution in [-0.4, -0.2) is 26.5 Å². The summed E-state index contributed by atoms with van der Waals surface area (Å²) in [6, 6.07) is 1.83. The Labute approximate surface area is 135 Å². The van der Waals surface area contributed by atoms with E-state index in [9.17, 15) is 4.79 Å². The van der Waals surface area contributed by atoms with E-state index in [1.54, 1.807) is 39.4 Å². The van der Waals surface area contributed by atoms with Crippen LogP contribution >= 0.6 is 27.5 Å². The summed E-state index contributed by atoms with van der Waals surface area (Å²) in [4.78, 5) is 15.8. The molecule has 2 aromatic heterocycles. The smallest absolute Gasteiger partial charge is 0.412 e. The molecule has 0 fully saturated rings. The van der Waals surface area contributed by atoms with Gasteiger partial charge in [-0.05, 0) is 42.8 Å². The predicted molar refractivity (Wildman–Crippen MR) is 83.9 cm³/mol. The van der Waals surface area contributed by atoms with Crippen molar-refractivity contribution in [1.29, 1.82) is 0 Å². The van der Waals surface area contributed by atoms with Crippen LogP contribution in [0.5, 0.6) is 0 Å². The number of nitrogens with zero attached hydrogens (tertiary/aromatic N) is 3. The van der Waals surface area contributed by atoms with E-state index in [1.807, 2.05) is 6.07 Å². The van der Waals surface area contributed by atoms with Crippen LogP contribution in [-0.2, 0) is 4.74 Å². The Bertz CT molecular complexity index is 666. The summed E-state index contributed by atoms with van der Waals surface area (Å²) in [6.07, 6.45) is 4.30. The lowest BCUT2D eigenvalue weighted by Crippen LogP contribution is -2.27. The highest BCUT2D eigenvalue weighted by molar-refractivity contribution is 9.10. The number of halogens is 2. The van der Waals surface area contributed by atoms with E-state index in [2.05, 4.69) is 31.3 Å². The molecule has 0 saturated carbocycles. The number of hydrogen-bond donors (Lipinski definition) is 1. The fourth-order valence-electron chi connectivity index (χ4n) is 1.51. The largest absolute Gasteiger partial charge is 0.444 e. The van der Waals surface area contributed by atoms with Crippen LogP contribution in [0.1, 0.15) is 20.8 Å². The summed E-state index contributed by atoms with van der Waals surface area (Å²) in [6.45, 7) is 5.35. The van der Waals surface area contributed by atoms with Crippen molar-refractivity contribution in [2.24, 2.45) is 0 Å². The van der Waals surface area contributed by atoms with Gasteiger partial charge in [0.25, 0.3) is 0 Å². The zero-order valence-electron chi connectivity index (χ0n) is 11.7. The van der Waals surface area contributed by atoms with Gasteiger partial charge in [-0.3, -0.25) is 10.3 Å². The van der Waals surface area contributed by atoms with Crippen LogP contribution in [0.2, 0.25) is 5.15 Å². The van der Waals surface area contributed by atoms with Crippen molar-refractivity contribution in [3.05, 3.63) is 34.3 Å². The Kier molecular flexibility index (Phi) is 4.53. The summed E-state index contributed by atoms with van der Waals surface area (Å²) in [5, 5.41) is 6.85. The molecule has 0 aliphatic carbocycles. The van der Waals surface area contributed by atoms with Gasteiger partial charge in [0.2, 0.25) is 0 Å². The molecule has 6 nitrogen and oxygen atoms in total. The summed E-state index contributed by atoms with van der Waals surface area (Å²) >= 11 is 9.35. The predicted octanol–water partition coefficient (Wildman–Crippen LogP) is 4.03. The van der Waals surface area contributed by atoms with Gasteiger partial charge in [-0.1, -0.05) is 11.6 Å².